The Balaban J connectivity index is 4.02. The molecule has 0 fully saturated rings. The van der Waals surface area contributed by atoms with Gasteiger partial charge in [-0.05, 0) is 128 Å². The van der Waals surface area contributed by atoms with E-state index in [1.165, 1.54) is 38.5 Å². The predicted molar refractivity (Wildman–Crippen MR) is 339 cm³/mol. The lowest BCUT2D eigenvalue weighted by atomic mass is 10.0. The summed E-state index contributed by atoms with van der Waals surface area (Å²) in [5.41, 5.74) is 5.37. The van der Waals surface area contributed by atoms with Gasteiger partial charge in [0.25, 0.3) is 0 Å². The molecule has 0 aromatic rings. The van der Waals surface area contributed by atoms with Crippen molar-refractivity contribution in [3.63, 3.8) is 0 Å². The molecular weight excluding hydrogens is 1000 g/mol. The fourth-order valence-corrected chi connectivity index (χ4v) is 8.17. The summed E-state index contributed by atoms with van der Waals surface area (Å²) in [6, 6.07) is 0. The number of allylic oxidation sites excluding steroid dienone is 30. The quantitative estimate of drug-likeness (QED) is 0.0264. The number of carbonyl (C=O) groups excluding carboxylic acids is 2. The van der Waals surface area contributed by atoms with Crippen molar-refractivity contribution < 1.29 is 37.6 Å². The molecule has 0 spiro atoms. The predicted octanol–water partition coefficient (Wildman–Crippen LogP) is 19.6. The number of hydrogen-bond acceptors (Lipinski definition) is 8. The standard InChI is InChI=1S/C69H108NO8P/c1-3-5-7-9-11-13-15-17-19-21-22-23-24-25-26-27-28-29-30-31-32-33-34-35-36-37-38-39-40-41-42-43-44-46-48-50-52-54-56-58-60-62-69(72)78-67(66-77-79(73,74)76-64-63-70)65-75-68(71)61-59-57-55-53-51-49-47-45-20-18-16-14-12-10-8-6-4-2/h5-8,11-14,17-20,22-23,25-26,28-29,31-32,34-35,37-38,40-41,47,49,53,55,67H,3-4,9-10,15-16,21,24,27,30,33,36,39,42-46,48,50-52,54,56-66,70H2,1-2H3,(H,73,74)/b7-5-,8-6-,13-11-,14-12-,19-17-,20-18-,23-22-,26-25-,29-28-,32-31-,35-34-,38-37-,41-40-,49-47-,55-53-. The summed E-state index contributed by atoms with van der Waals surface area (Å²) < 4.78 is 32.9. The number of esters is 2. The number of hydrogen-bond donors (Lipinski definition) is 2. The van der Waals surface area contributed by atoms with Gasteiger partial charge in [0.15, 0.2) is 6.10 Å². The Morgan fingerprint density at radius 2 is 0.671 bits per heavy atom. The minimum absolute atomic E-state index is 0.0357. The summed E-state index contributed by atoms with van der Waals surface area (Å²) in [6.45, 7) is 3.41. The largest absolute Gasteiger partial charge is 0.472 e. The molecule has 0 aliphatic heterocycles. The number of unbranched alkanes of at least 4 members (excludes halogenated alkanes) is 11. The van der Waals surface area contributed by atoms with Gasteiger partial charge in [0.1, 0.15) is 6.61 Å². The van der Waals surface area contributed by atoms with Crippen LogP contribution in [0.1, 0.15) is 206 Å². The first-order chi connectivity index (χ1) is 38.8. The van der Waals surface area contributed by atoms with Gasteiger partial charge in [0.2, 0.25) is 0 Å². The summed E-state index contributed by atoms with van der Waals surface area (Å²) in [6.07, 6.45) is 94.0. The molecule has 2 atom stereocenters. The molecule has 442 valence electrons. The molecule has 0 saturated carbocycles. The first kappa shape index (κ1) is 74.1. The van der Waals surface area contributed by atoms with Gasteiger partial charge in [-0.15, -0.1) is 0 Å². The maximum absolute atomic E-state index is 12.7. The molecule has 0 bridgehead atoms. The van der Waals surface area contributed by atoms with E-state index in [4.69, 9.17) is 24.3 Å². The van der Waals surface area contributed by atoms with Crippen LogP contribution in [0.4, 0.5) is 0 Å². The zero-order valence-corrected chi connectivity index (χ0v) is 50.2. The SMILES string of the molecule is CC/C=C\C/C=C\C/C=C\C/C=C\C/C=C\C/C=C\C/C=C\C/C=C\C/C=C\C/C=C\CCCCCCCCCCCCC(=O)OC(COC(=O)CCC/C=C\C/C=C\C/C=C\C/C=C\C/C=C\CC)COP(=O)(O)OCCN. The molecule has 0 saturated heterocycles. The highest BCUT2D eigenvalue weighted by Crippen LogP contribution is 2.43. The van der Waals surface area contributed by atoms with Crippen molar-refractivity contribution in [1.29, 1.82) is 0 Å². The molecule has 0 radical (unpaired) electrons. The van der Waals surface area contributed by atoms with Crippen LogP contribution in [0.2, 0.25) is 0 Å². The third kappa shape index (κ3) is 62.2. The van der Waals surface area contributed by atoms with Crippen molar-refractivity contribution in [1.82, 2.24) is 0 Å². The van der Waals surface area contributed by atoms with Gasteiger partial charge < -0.3 is 20.1 Å². The molecule has 0 aromatic carbocycles. The lowest BCUT2D eigenvalue weighted by Gasteiger charge is -2.19. The second-order valence-corrected chi connectivity index (χ2v) is 20.6. The number of phosphoric acid groups is 1. The summed E-state index contributed by atoms with van der Waals surface area (Å²) in [4.78, 5) is 35.1. The summed E-state index contributed by atoms with van der Waals surface area (Å²) in [5.74, 6) is -0.916. The Labute approximate surface area is 482 Å². The number of rotatable bonds is 54. The molecule has 0 aromatic heterocycles. The van der Waals surface area contributed by atoms with Gasteiger partial charge in [0.05, 0.1) is 13.2 Å². The van der Waals surface area contributed by atoms with Crippen LogP contribution in [-0.4, -0.2) is 49.3 Å². The van der Waals surface area contributed by atoms with Crippen LogP contribution in [-0.2, 0) is 32.7 Å². The fraction of sp³-hybridized carbons (Fsp3) is 0.536. The average Bonchev–Trinajstić information content (AvgIpc) is 3.44. The molecule has 0 aliphatic rings. The third-order valence-corrected chi connectivity index (χ3v) is 12.8. The zero-order valence-electron chi connectivity index (χ0n) is 49.3. The monoisotopic (exact) mass is 1110 g/mol. The molecule has 0 aliphatic carbocycles. The van der Waals surface area contributed by atoms with Crippen molar-refractivity contribution in [2.45, 2.75) is 213 Å². The van der Waals surface area contributed by atoms with E-state index in [2.05, 4.69) is 190 Å². The van der Waals surface area contributed by atoms with Crippen molar-refractivity contribution in [3.05, 3.63) is 182 Å². The van der Waals surface area contributed by atoms with Crippen LogP contribution in [0, 0.1) is 0 Å². The molecule has 3 N–H and O–H groups in total. The molecule has 79 heavy (non-hydrogen) atoms. The summed E-state index contributed by atoms with van der Waals surface area (Å²) in [5, 5.41) is 0. The van der Waals surface area contributed by atoms with E-state index in [-0.39, 0.29) is 32.6 Å². The van der Waals surface area contributed by atoms with Gasteiger partial charge in [-0.1, -0.05) is 247 Å². The first-order valence-corrected chi connectivity index (χ1v) is 31.8. The van der Waals surface area contributed by atoms with Gasteiger partial charge >= 0.3 is 19.8 Å². The lowest BCUT2D eigenvalue weighted by Crippen LogP contribution is -2.29. The second-order valence-electron chi connectivity index (χ2n) is 19.1. The smallest absolute Gasteiger partial charge is 0.462 e. The van der Waals surface area contributed by atoms with Crippen LogP contribution in [0.5, 0.6) is 0 Å². The van der Waals surface area contributed by atoms with E-state index in [0.29, 0.717) is 12.8 Å². The van der Waals surface area contributed by atoms with E-state index in [9.17, 15) is 19.0 Å². The Hall–Kier alpha value is -4.89. The highest BCUT2D eigenvalue weighted by molar-refractivity contribution is 7.47. The molecule has 0 amide bonds. The van der Waals surface area contributed by atoms with E-state index in [1.807, 2.05) is 6.08 Å². The molecular formula is C69H108NO8P. The van der Waals surface area contributed by atoms with Crippen LogP contribution >= 0.6 is 7.82 Å². The van der Waals surface area contributed by atoms with E-state index < -0.39 is 32.5 Å². The summed E-state index contributed by atoms with van der Waals surface area (Å²) in [7, 11) is -4.41. The Morgan fingerprint density at radius 1 is 0.380 bits per heavy atom. The van der Waals surface area contributed by atoms with E-state index in [0.717, 1.165) is 128 Å². The Kier molecular flexibility index (Phi) is 58.5. The molecule has 2 unspecified atom stereocenters. The van der Waals surface area contributed by atoms with Gasteiger partial charge in [-0.2, -0.15) is 0 Å². The van der Waals surface area contributed by atoms with Crippen molar-refractivity contribution in [2.75, 3.05) is 26.4 Å². The van der Waals surface area contributed by atoms with E-state index >= 15 is 0 Å². The number of carbonyl (C=O) groups is 2. The van der Waals surface area contributed by atoms with Crippen LogP contribution in [0.3, 0.4) is 0 Å². The maximum Gasteiger partial charge on any atom is 0.472 e. The minimum atomic E-state index is -4.41. The van der Waals surface area contributed by atoms with Crippen LogP contribution in [0.15, 0.2) is 182 Å². The van der Waals surface area contributed by atoms with Crippen molar-refractivity contribution in [2.24, 2.45) is 5.73 Å². The highest BCUT2D eigenvalue weighted by Gasteiger charge is 2.26. The van der Waals surface area contributed by atoms with Crippen LogP contribution < -0.4 is 5.73 Å². The average molecular weight is 1110 g/mol. The third-order valence-electron chi connectivity index (χ3n) is 11.8. The van der Waals surface area contributed by atoms with Gasteiger partial charge in [-0.3, -0.25) is 18.6 Å². The zero-order chi connectivity index (χ0) is 57.3. The molecule has 0 rings (SSSR count). The van der Waals surface area contributed by atoms with Crippen molar-refractivity contribution in [3.8, 4) is 0 Å². The Morgan fingerprint density at radius 3 is 1.01 bits per heavy atom. The maximum atomic E-state index is 12.7. The highest BCUT2D eigenvalue weighted by atomic mass is 31.2. The van der Waals surface area contributed by atoms with E-state index in [1.54, 1.807) is 0 Å². The first-order valence-electron chi connectivity index (χ1n) is 30.3. The van der Waals surface area contributed by atoms with Crippen LogP contribution in [0.25, 0.3) is 0 Å². The number of nitrogens with two attached hydrogens (primary N) is 1. The lowest BCUT2D eigenvalue weighted by molar-refractivity contribution is -0.161. The topological polar surface area (TPSA) is 134 Å². The normalized spacial score (nSPS) is 14.3. The summed E-state index contributed by atoms with van der Waals surface area (Å²) >= 11 is 0. The van der Waals surface area contributed by atoms with Gasteiger partial charge in [-0.25, -0.2) is 4.57 Å². The second kappa shape index (κ2) is 62.3. The molecule has 0 heterocycles. The molecule has 10 heteroatoms. The molecule has 9 nitrogen and oxygen atoms in total. The van der Waals surface area contributed by atoms with Crippen molar-refractivity contribution >= 4 is 19.8 Å². The number of phosphoric ester groups is 1. The minimum Gasteiger partial charge on any atom is -0.462 e. The van der Waals surface area contributed by atoms with Gasteiger partial charge in [0, 0.05) is 19.4 Å². The number of ether oxygens (including phenoxy) is 2. The Bertz CT molecular complexity index is 1940. The fourth-order valence-electron chi connectivity index (χ4n) is 7.40.